The van der Waals surface area contributed by atoms with E-state index in [1.807, 2.05) is 16.8 Å². The molecule has 0 spiro atoms. The number of nitrogens with two attached hydrogens (primary N) is 1. The molecule has 0 saturated carbocycles. The molecule has 0 bridgehead atoms. The Bertz CT molecular complexity index is 584. The summed E-state index contributed by atoms with van der Waals surface area (Å²) in [5.74, 6) is 0.175. The quantitative estimate of drug-likeness (QED) is 0.734. The van der Waals surface area contributed by atoms with Gasteiger partial charge in [-0.05, 0) is 40.6 Å². The number of hydrogen-bond donors (Lipinski definition) is 3. The highest BCUT2D eigenvalue weighted by atomic mass is 32.1. The monoisotopic (exact) mass is 292 g/mol. The Labute approximate surface area is 121 Å². The highest BCUT2D eigenvalue weighted by molar-refractivity contribution is 7.07. The summed E-state index contributed by atoms with van der Waals surface area (Å²) in [7, 11) is 1.49. The lowest BCUT2D eigenvalue weighted by atomic mass is 10.1. The second-order valence-electron chi connectivity index (χ2n) is 4.24. The van der Waals surface area contributed by atoms with Gasteiger partial charge in [-0.1, -0.05) is 0 Å². The van der Waals surface area contributed by atoms with Crippen LogP contribution in [0.25, 0.3) is 0 Å². The minimum absolute atomic E-state index is 0.155. The zero-order valence-corrected chi connectivity index (χ0v) is 11.8. The van der Waals surface area contributed by atoms with E-state index in [-0.39, 0.29) is 12.5 Å². The maximum absolute atomic E-state index is 12.0. The Morgan fingerprint density at radius 2 is 2.30 bits per heavy atom. The molecule has 1 amide bonds. The summed E-state index contributed by atoms with van der Waals surface area (Å²) in [6.45, 7) is 0.155. The standard InChI is InChI=1S/C14H16N2O3S/c1-19-13-6-9(2-3-11(13)15)14(18)16-7-12(17)10-4-5-20-8-10/h2-6,8,12,17H,7,15H2,1H3,(H,16,18). The van der Waals surface area contributed by atoms with Gasteiger partial charge in [0.15, 0.2) is 0 Å². The number of nitrogens with one attached hydrogen (secondary N) is 1. The fraction of sp³-hybridized carbons (Fsp3) is 0.214. The van der Waals surface area contributed by atoms with E-state index in [9.17, 15) is 9.90 Å². The molecule has 2 rings (SSSR count). The van der Waals surface area contributed by atoms with E-state index in [2.05, 4.69) is 5.32 Å². The average molecular weight is 292 g/mol. The highest BCUT2D eigenvalue weighted by Crippen LogP contribution is 2.22. The molecule has 0 radical (unpaired) electrons. The summed E-state index contributed by atoms with van der Waals surface area (Å²) in [4.78, 5) is 12.0. The zero-order chi connectivity index (χ0) is 14.5. The molecule has 0 fully saturated rings. The van der Waals surface area contributed by atoms with Crippen LogP contribution >= 0.6 is 11.3 Å². The first kappa shape index (κ1) is 14.4. The van der Waals surface area contributed by atoms with Crippen molar-refractivity contribution in [2.24, 2.45) is 0 Å². The smallest absolute Gasteiger partial charge is 0.251 e. The average Bonchev–Trinajstić information content (AvgIpc) is 2.99. The first-order chi connectivity index (χ1) is 9.61. The normalized spacial score (nSPS) is 11.9. The molecule has 1 atom stereocenters. The maximum atomic E-state index is 12.0. The SMILES string of the molecule is COc1cc(C(=O)NCC(O)c2ccsc2)ccc1N. The first-order valence-electron chi connectivity index (χ1n) is 6.03. The van der Waals surface area contributed by atoms with E-state index >= 15 is 0 Å². The van der Waals surface area contributed by atoms with Gasteiger partial charge >= 0.3 is 0 Å². The number of benzene rings is 1. The van der Waals surface area contributed by atoms with E-state index in [0.717, 1.165) is 5.56 Å². The summed E-state index contributed by atoms with van der Waals surface area (Å²) in [5, 5.41) is 16.3. The van der Waals surface area contributed by atoms with Gasteiger partial charge in [-0.2, -0.15) is 11.3 Å². The number of carbonyl (C=O) groups is 1. The van der Waals surface area contributed by atoms with Gasteiger partial charge in [0.2, 0.25) is 0 Å². The van der Waals surface area contributed by atoms with Crippen LogP contribution in [0.5, 0.6) is 5.75 Å². The summed E-state index contributed by atoms with van der Waals surface area (Å²) in [6.07, 6.45) is -0.708. The van der Waals surface area contributed by atoms with Crippen molar-refractivity contribution in [2.45, 2.75) is 6.10 Å². The second-order valence-corrected chi connectivity index (χ2v) is 5.02. The molecule has 5 nitrogen and oxygen atoms in total. The summed E-state index contributed by atoms with van der Waals surface area (Å²) in [6, 6.07) is 6.63. The number of aliphatic hydroxyl groups is 1. The molecular weight excluding hydrogens is 276 g/mol. The van der Waals surface area contributed by atoms with Crippen molar-refractivity contribution in [3.05, 3.63) is 46.2 Å². The van der Waals surface area contributed by atoms with Crippen LogP contribution in [0.1, 0.15) is 22.0 Å². The van der Waals surface area contributed by atoms with E-state index in [1.54, 1.807) is 18.2 Å². The predicted octanol–water partition coefficient (Wildman–Crippen LogP) is 1.80. The lowest BCUT2D eigenvalue weighted by molar-refractivity contribution is 0.0916. The largest absolute Gasteiger partial charge is 0.495 e. The van der Waals surface area contributed by atoms with E-state index in [4.69, 9.17) is 10.5 Å². The number of ether oxygens (including phenoxy) is 1. The Morgan fingerprint density at radius 1 is 1.50 bits per heavy atom. The minimum Gasteiger partial charge on any atom is -0.495 e. The van der Waals surface area contributed by atoms with Crippen molar-refractivity contribution in [3.8, 4) is 5.75 Å². The Kier molecular flexibility index (Phi) is 4.60. The first-order valence-corrected chi connectivity index (χ1v) is 6.98. The summed E-state index contributed by atoms with van der Waals surface area (Å²) >= 11 is 1.50. The molecule has 0 aliphatic carbocycles. The highest BCUT2D eigenvalue weighted by Gasteiger charge is 2.12. The number of nitrogen functional groups attached to an aromatic ring is 1. The third-order valence-corrected chi connectivity index (χ3v) is 3.58. The number of methoxy groups -OCH3 is 1. The van der Waals surface area contributed by atoms with Crippen molar-refractivity contribution in [2.75, 3.05) is 19.4 Å². The Balaban J connectivity index is 1.98. The second kappa shape index (κ2) is 6.40. The summed E-state index contributed by atoms with van der Waals surface area (Å²) < 4.78 is 5.07. The van der Waals surface area contributed by atoms with Crippen LogP contribution in [0.2, 0.25) is 0 Å². The minimum atomic E-state index is -0.708. The summed E-state index contributed by atoms with van der Waals surface area (Å²) in [5.41, 5.74) is 7.40. The van der Waals surface area contributed by atoms with E-state index in [0.29, 0.717) is 17.0 Å². The van der Waals surface area contributed by atoms with Crippen LogP contribution in [0, 0.1) is 0 Å². The van der Waals surface area contributed by atoms with Gasteiger partial charge in [0.1, 0.15) is 5.75 Å². The van der Waals surface area contributed by atoms with Gasteiger partial charge in [-0.3, -0.25) is 4.79 Å². The van der Waals surface area contributed by atoms with E-state index < -0.39 is 6.10 Å². The Hall–Kier alpha value is -2.05. The molecule has 0 aliphatic rings. The van der Waals surface area contributed by atoms with Crippen molar-refractivity contribution >= 4 is 22.9 Å². The maximum Gasteiger partial charge on any atom is 0.251 e. The zero-order valence-electron chi connectivity index (χ0n) is 11.0. The van der Waals surface area contributed by atoms with Crippen LogP contribution in [-0.2, 0) is 0 Å². The molecule has 6 heteroatoms. The number of rotatable bonds is 5. The number of hydrogen-bond acceptors (Lipinski definition) is 5. The molecule has 2 aromatic rings. The van der Waals surface area contributed by atoms with Crippen LogP contribution in [0.4, 0.5) is 5.69 Å². The number of carbonyl (C=O) groups excluding carboxylic acids is 1. The van der Waals surface area contributed by atoms with Crippen molar-refractivity contribution in [1.82, 2.24) is 5.32 Å². The fourth-order valence-electron chi connectivity index (χ4n) is 1.73. The molecule has 1 heterocycles. The van der Waals surface area contributed by atoms with Gasteiger partial charge in [0.05, 0.1) is 18.9 Å². The van der Waals surface area contributed by atoms with Gasteiger partial charge in [-0.15, -0.1) is 0 Å². The molecule has 1 aromatic carbocycles. The van der Waals surface area contributed by atoms with Crippen molar-refractivity contribution < 1.29 is 14.6 Å². The number of anilines is 1. The third-order valence-electron chi connectivity index (χ3n) is 2.88. The molecule has 0 saturated heterocycles. The van der Waals surface area contributed by atoms with Gasteiger partial charge in [0.25, 0.3) is 5.91 Å². The lowest BCUT2D eigenvalue weighted by Crippen LogP contribution is -2.28. The molecule has 20 heavy (non-hydrogen) atoms. The van der Waals surface area contributed by atoms with Crippen LogP contribution in [0.15, 0.2) is 35.0 Å². The molecule has 1 aromatic heterocycles. The number of thiophene rings is 1. The molecular formula is C14H16N2O3S. The van der Waals surface area contributed by atoms with Gasteiger partial charge in [0, 0.05) is 12.1 Å². The van der Waals surface area contributed by atoms with Crippen LogP contribution in [0.3, 0.4) is 0 Å². The van der Waals surface area contributed by atoms with E-state index in [1.165, 1.54) is 18.4 Å². The molecule has 4 N–H and O–H groups in total. The molecule has 1 unspecified atom stereocenters. The lowest BCUT2D eigenvalue weighted by Gasteiger charge is -2.11. The predicted molar refractivity (Wildman–Crippen MR) is 79.0 cm³/mol. The number of amides is 1. The topological polar surface area (TPSA) is 84.6 Å². The fourth-order valence-corrected chi connectivity index (χ4v) is 2.43. The molecule has 0 aliphatic heterocycles. The third kappa shape index (κ3) is 3.28. The van der Waals surface area contributed by atoms with Gasteiger partial charge < -0.3 is 20.9 Å². The Morgan fingerprint density at radius 3 is 2.95 bits per heavy atom. The van der Waals surface area contributed by atoms with Crippen molar-refractivity contribution in [1.29, 1.82) is 0 Å². The van der Waals surface area contributed by atoms with Crippen LogP contribution < -0.4 is 15.8 Å². The molecule has 106 valence electrons. The number of aliphatic hydroxyl groups excluding tert-OH is 1. The van der Waals surface area contributed by atoms with Gasteiger partial charge in [-0.25, -0.2) is 0 Å². The van der Waals surface area contributed by atoms with Crippen molar-refractivity contribution in [3.63, 3.8) is 0 Å². The van der Waals surface area contributed by atoms with Crippen LogP contribution in [-0.4, -0.2) is 24.7 Å².